The lowest BCUT2D eigenvalue weighted by Crippen LogP contribution is -2.21. The third kappa shape index (κ3) is 5.04. The molecule has 1 aromatic rings. The first-order valence-corrected chi connectivity index (χ1v) is 7.50. The predicted molar refractivity (Wildman–Crippen MR) is 75.1 cm³/mol. The second-order valence-corrected chi connectivity index (χ2v) is 6.23. The molecule has 0 fully saturated rings. The van der Waals surface area contributed by atoms with Gasteiger partial charge in [-0.15, -0.1) is 0 Å². The molecule has 0 bridgehead atoms. The number of anilines is 1. The van der Waals surface area contributed by atoms with Crippen molar-refractivity contribution < 1.29 is 22.2 Å². The largest absolute Gasteiger partial charge is 0.416 e. The topological polar surface area (TPSA) is 63.4 Å². The van der Waals surface area contributed by atoms with Gasteiger partial charge in [0.1, 0.15) is 0 Å². The van der Waals surface area contributed by atoms with E-state index in [1.54, 1.807) is 14.1 Å². The number of hydrogen-bond donors (Lipinski definition) is 1. The Hall–Kier alpha value is -1.57. The molecule has 1 atom stereocenters. The fourth-order valence-corrected chi connectivity index (χ4v) is 2.79. The molecule has 8 heteroatoms. The molecule has 1 rings (SSSR count). The summed E-state index contributed by atoms with van der Waals surface area (Å²) in [6.45, 7) is 0. The monoisotopic (exact) mass is 322 g/mol. The van der Waals surface area contributed by atoms with Crippen molar-refractivity contribution in [2.45, 2.75) is 23.9 Å². The molecule has 1 unspecified atom stereocenters. The van der Waals surface area contributed by atoms with Gasteiger partial charge in [-0.2, -0.15) is 13.2 Å². The molecule has 118 valence electrons. The van der Waals surface area contributed by atoms with Crippen LogP contribution in [0, 0.1) is 0 Å². The fraction of sp³-hybridized carbons (Fsp3) is 0.462. The zero-order valence-electron chi connectivity index (χ0n) is 11.7. The van der Waals surface area contributed by atoms with Gasteiger partial charge in [0, 0.05) is 32.0 Å². The first-order valence-electron chi connectivity index (χ1n) is 6.18. The minimum atomic E-state index is -4.48. The minimum absolute atomic E-state index is 0.0904. The molecule has 0 saturated heterocycles. The number of amides is 1. The van der Waals surface area contributed by atoms with Gasteiger partial charge in [-0.05, 0) is 24.6 Å². The Morgan fingerprint density at radius 3 is 2.43 bits per heavy atom. The average Bonchev–Trinajstić information content (AvgIpc) is 2.36. The lowest BCUT2D eigenvalue weighted by atomic mass is 10.2. The lowest BCUT2D eigenvalue weighted by molar-refractivity contribution is -0.137. The van der Waals surface area contributed by atoms with Crippen molar-refractivity contribution in [2.75, 3.05) is 25.6 Å². The summed E-state index contributed by atoms with van der Waals surface area (Å²) in [5.74, 6) is 0.0854. The normalized spacial score (nSPS) is 13.0. The van der Waals surface area contributed by atoms with E-state index in [9.17, 15) is 22.2 Å². The van der Waals surface area contributed by atoms with Crippen LogP contribution in [0.25, 0.3) is 0 Å². The second kappa shape index (κ2) is 6.93. The number of carbonyl (C=O) groups is 1. The van der Waals surface area contributed by atoms with E-state index >= 15 is 0 Å². The van der Waals surface area contributed by atoms with Crippen LogP contribution in [0.3, 0.4) is 0 Å². The number of hydrogen-bond acceptors (Lipinski definition) is 3. The van der Waals surface area contributed by atoms with E-state index < -0.39 is 22.5 Å². The summed E-state index contributed by atoms with van der Waals surface area (Å²) in [4.78, 5) is 13.0. The Morgan fingerprint density at radius 1 is 1.33 bits per heavy atom. The quantitative estimate of drug-likeness (QED) is 0.846. The molecule has 2 N–H and O–H groups in total. The summed E-state index contributed by atoms with van der Waals surface area (Å²) in [5.41, 5.74) is 4.51. The summed E-state index contributed by atoms with van der Waals surface area (Å²) in [7, 11) is 1.71. The standard InChI is InChI=1S/C13H17F3N2O2S/c1-18(2)12(19)4-3-7-21(20)11-6-5-9(8-10(11)17)13(14,15)16/h5-6,8H,3-4,7,17H2,1-2H3. The Balaban J connectivity index is 2.69. The molecule has 1 amide bonds. The van der Waals surface area contributed by atoms with Crippen LogP contribution in [-0.2, 0) is 21.8 Å². The molecular formula is C13H17F3N2O2S. The summed E-state index contributed by atoms with van der Waals surface area (Å²) < 4.78 is 49.5. The molecule has 0 aliphatic rings. The third-order valence-corrected chi connectivity index (χ3v) is 4.32. The number of benzene rings is 1. The number of halogens is 3. The zero-order valence-corrected chi connectivity index (χ0v) is 12.6. The van der Waals surface area contributed by atoms with Crippen molar-refractivity contribution in [3.05, 3.63) is 23.8 Å². The Morgan fingerprint density at radius 2 is 1.95 bits per heavy atom. The minimum Gasteiger partial charge on any atom is -0.398 e. The smallest absolute Gasteiger partial charge is 0.398 e. The summed E-state index contributed by atoms with van der Waals surface area (Å²) >= 11 is 0. The van der Waals surface area contributed by atoms with Gasteiger partial charge in [0.25, 0.3) is 0 Å². The van der Waals surface area contributed by atoms with Gasteiger partial charge in [0.2, 0.25) is 5.91 Å². The number of nitrogens with zero attached hydrogens (tertiary/aromatic N) is 1. The highest BCUT2D eigenvalue weighted by Gasteiger charge is 2.31. The number of nitrogens with two attached hydrogens (primary N) is 1. The van der Waals surface area contributed by atoms with Gasteiger partial charge in [-0.25, -0.2) is 0 Å². The number of carbonyl (C=O) groups excluding carboxylic acids is 1. The average molecular weight is 322 g/mol. The van der Waals surface area contributed by atoms with Crippen LogP contribution in [0.5, 0.6) is 0 Å². The SMILES string of the molecule is CN(C)C(=O)CCCS(=O)c1ccc(C(F)(F)F)cc1N. The number of alkyl halides is 3. The van der Waals surface area contributed by atoms with Gasteiger partial charge in [0.05, 0.1) is 21.3 Å². The van der Waals surface area contributed by atoms with E-state index in [-0.39, 0.29) is 28.7 Å². The van der Waals surface area contributed by atoms with Gasteiger partial charge in [-0.1, -0.05) is 0 Å². The van der Waals surface area contributed by atoms with Crippen LogP contribution in [0.2, 0.25) is 0 Å². The maximum atomic E-state index is 12.5. The van der Waals surface area contributed by atoms with Crippen molar-refractivity contribution in [3.8, 4) is 0 Å². The maximum Gasteiger partial charge on any atom is 0.416 e. The van der Waals surface area contributed by atoms with Crippen LogP contribution >= 0.6 is 0 Å². The highest BCUT2D eigenvalue weighted by molar-refractivity contribution is 7.85. The third-order valence-electron chi connectivity index (χ3n) is 2.80. The summed E-state index contributed by atoms with van der Waals surface area (Å²) in [6, 6.07) is 2.76. The predicted octanol–water partition coefficient (Wildman–Crippen LogP) is 2.26. The number of nitrogen functional groups attached to an aromatic ring is 1. The highest BCUT2D eigenvalue weighted by atomic mass is 32.2. The molecule has 1 aromatic carbocycles. The van der Waals surface area contributed by atoms with Crippen LogP contribution in [0.4, 0.5) is 18.9 Å². The van der Waals surface area contributed by atoms with Gasteiger partial charge in [0.15, 0.2) is 0 Å². The van der Waals surface area contributed by atoms with Crippen molar-refractivity contribution in [1.82, 2.24) is 4.90 Å². The van der Waals surface area contributed by atoms with E-state index in [1.807, 2.05) is 0 Å². The van der Waals surface area contributed by atoms with E-state index in [4.69, 9.17) is 5.73 Å². The molecule has 0 heterocycles. The molecule has 0 saturated carbocycles. The van der Waals surface area contributed by atoms with Gasteiger partial charge >= 0.3 is 6.18 Å². The summed E-state index contributed by atoms with van der Waals surface area (Å²) in [6.07, 6.45) is -3.87. The number of rotatable bonds is 5. The Kier molecular flexibility index (Phi) is 5.77. The van der Waals surface area contributed by atoms with Gasteiger partial charge < -0.3 is 10.6 Å². The van der Waals surface area contributed by atoms with Crippen molar-refractivity contribution >= 4 is 22.4 Å². The lowest BCUT2D eigenvalue weighted by Gasteiger charge is -2.11. The second-order valence-electron chi connectivity index (χ2n) is 4.69. The highest BCUT2D eigenvalue weighted by Crippen LogP contribution is 2.32. The van der Waals surface area contributed by atoms with E-state index in [2.05, 4.69) is 0 Å². The molecule has 0 aromatic heterocycles. The van der Waals surface area contributed by atoms with Gasteiger partial charge in [-0.3, -0.25) is 9.00 Å². The summed E-state index contributed by atoms with van der Waals surface area (Å²) in [5, 5.41) is 0. The Bertz CT molecular complexity index is 545. The van der Waals surface area contributed by atoms with Crippen LogP contribution in [-0.4, -0.2) is 34.9 Å². The molecular weight excluding hydrogens is 305 g/mol. The van der Waals surface area contributed by atoms with Crippen LogP contribution in [0.1, 0.15) is 18.4 Å². The van der Waals surface area contributed by atoms with Crippen molar-refractivity contribution in [1.29, 1.82) is 0 Å². The first-order chi connectivity index (χ1) is 9.62. The zero-order chi connectivity index (χ0) is 16.2. The first kappa shape index (κ1) is 17.5. The van der Waals surface area contributed by atoms with Crippen molar-refractivity contribution in [2.24, 2.45) is 0 Å². The molecule has 4 nitrogen and oxygen atoms in total. The molecule has 0 radical (unpaired) electrons. The Labute approximate surface area is 123 Å². The van der Waals surface area contributed by atoms with Crippen molar-refractivity contribution in [3.63, 3.8) is 0 Å². The van der Waals surface area contributed by atoms with E-state index in [1.165, 1.54) is 4.90 Å². The molecule has 0 aliphatic heterocycles. The van der Waals surface area contributed by atoms with E-state index in [0.29, 0.717) is 6.42 Å². The molecule has 0 aliphatic carbocycles. The fourth-order valence-electron chi connectivity index (χ4n) is 1.62. The maximum absolute atomic E-state index is 12.5. The molecule has 0 spiro atoms. The molecule has 21 heavy (non-hydrogen) atoms. The van der Waals surface area contributed by atoms with E-state index in [0.717, 1.165) is 18.2 Å². The van der Waals surface area contributed by atoms with Crippen LogP contribution in [0.15, 0.2) is 23.1 Å². The van der Waals surface area contributed by atoms with Crippen LogP contribution < -0.4 is 5.73 Å².